The highest BCUT2D eigenvalue weighted by Crippen LogP contribution is 2.00. The average molecular weight is 197 g/mol. The van der Waals surface area contributed by atoms with Crippen LogP contribution in [0, 0.1) is 13.8 Å². The minimum absolute atomic E-state index is 0.000696. The molecule has 0 radical (unpaired) electrons. The predicted molar refractivity (Wildman–Crippen MR) is 52.2 cm³/mol. The van der Waals surface area contributed by atoms with E-state index in [0.717, 1.165) is 11.4 Å². The Morgan fingerprint density at radius 3 is 2.86 bits per heavy atom. The summed E-state index contributed by atoms with van der Waals surface area (Å²) < 4.78 is 1.87. The highest BCUT2D eigenvalue weighted by Gasteiger charge is 2.00. The summed E-state index contributed by atoms with van der Waals surface area (Å²) in [6.45, 7) is 5.24. The normalized spacial score (nSPS) is 10.4. The number of hydrogen-bond acceptors (Lipinski definition) is 3. The maximum absolute atomic E-state index is 10.2. The molecule has 5 heteroatoms. The SMILES string of the molecule is Cc1cc(C)n(CCNCC(=O)O)n1. The van der Waals surface area contributed by atoms with Gasteiger partial charge in [-0.3, -0.25) is 9.48 Å². The van der Waals surface area contributed by atoms with E-state index in [4.69, 9.17) is 5.11 Å². The Balaban J connectivity index is 2.31. The monoisotopic (exact) mass is 197 g/mol. The summed E-state index contributed by atoms with van der Waals surface area (Å²) in [7, 11) is 0. The van der Waals surface area contributed by atoms with Crippen molar-refractivity contribution in [1.82, 2.24) is 15.1 Å². The largest absolute Gasteiger partial charge is 0.480 e. The molecule has 0 aliphatic heterocycles. The second kappa shape index (κ2) is 4.76. The van der Waals surface area contributed by atoms with Gasteiger partial charge in [0, 0.05) is 12.2 Å². The second-order valence-electron chi connectivity index (χ2n) is 3.22. The van der Waals surface area contributed by atoms with Crippen LogP contribution in [0.1, 0.15) is 11.4 Å². The van der Waals surface area contributed by atoms with Gasteiger partial charge < -0.3 is 10.4 Å². The molecule has 0 bridgehead atoms. The Labute approximate surface area is 82.7 Å². The van der Waals surface area contributed by atoms with E-state index in [-0.39, 0.29) is 6.54 Å². The van der Waals surface area contributed by atoms with Crippen molar-refractivity contribution < 1.29 is 9.90 Å². The molecule has 1 aromatic heterocycles. The molecule has 0 aliphatic carbocycles. The first-order valence-corrected chi connectivity index (χ1v) is 4.53. The standard InChI is InChI=1S/C9H15N3O2/c1-7-5-8(2)12(11-7)4-3-10-6-9(13)14/h5,10H,3-4,6H2,1-2H3,(H,13,14). The van der Waals surface area contributed by atoms with Crippen LogP contribution in [-0.2, 0) is 11.3 Å². The molecular weight excluding hydrogens is 182 g/mol. The number of carboxylic acid groups (broad SMARTS) is 1. The molecule has 5 nitrogen and oxygen atoms in total. The van der Waals surface area contributed by atoms with E-state index in [1.807, 2.05) is 24.6 Å². The van der Waals surface area contributed by atoms with Crippen molar-refractivity contribution in [3.8, 4) is 0 Å². The van der Waals surface area contributed by atoms with Crippen molar-refractivity contribution >= 4 is 5.97 Å². The van der Waals surface area contributed by atoms with E-state index in [0.29, 0.717) is 13.1 Å². The molecule has 78 valence electrons. The molecule has 0 spiro atoms. The molecule has 1 aromatic rings. The third-order valence-electron chi connectivity index (χ3n) is 1.88. The van der Waals surface area contributed by atoms with E-state index in [9.17, 15) is 4.79 Å². The zero-order valence-electron chi connectivity index (χ0n) is 8.45. The molecule has 0 atom stereocenters. The Morgan fingerprint density at radius 1 is 1.64 bits per heavy atom. The molecule has 0 saturated heterocycles. The molecule has 1 rings (SSSR count). The molecule has 1 heterocycles. The summed E-state index contributed by atoms with van der Waals surface area (Å²) in [6.07, 6.45) is 0. The molecule has 0 amide bonds. The summed E-state index contributed by atoms with van der Waals surface area (Å²) in [4.78, 5) is 10.2. The Bertz CT molecular complexity index is 320. The van der Waals surface area contributed by atoms with E-state index in [2.05, 4.69) is 10.4 Å². The summed E-state index contributed by atoms with van der Waals surface area (Å²) >= 11 is 0. The number of carboxylic acids is 1. The fourth-order valence-corrected chi connectivity index (χ4v) is 1.28. The lowest BCUT2D eigenvalue weighted by atomic mass is 10.4. The van der Waals surface area contributed by atoms with Gasteiger partial charge in [0.1, 0.15) is 0 Å². The average Bonchev–Trinajstić information content (AvgIpc) is 2.39. The molecule has 14 heavy (non-hydrogen) atoms. The number of nitrogens with zero attached hydrogens (tertiary/aromatic N) is 2. The van der Waals surface area contributed by atoms with Gasteiger partial charge in [-0.15, -0.1) is 0 Å². The van der Waals surface area contributed by atoms with Gasteiger partial charge in [-0.2, -0.15) is 5.10 Å². The molecule has 2 N–H and O–H groups in total. The van der Waals surface area contributed by atoms with E-state index >= 15 is 0 Å². The molecule has 0 unspecified atom stereocenters. The van der Waals surface area contributed by atoms with Crippen LogP contribution in [0.5, 0.6) is 0 Å². The lowest BCUT2D eigenvalue weighted by Gasteiger charge is -2.04. The zero-order chi connectivity index (χ0) is 10.6. The minimum atomic E-state index is -0.835. The number of carbonyl (C=O) groups is 1. The number of aliphatic carboxylic acids is 1. The van der Waals surface area contributed by atoms with E-state index < -0.39 is 5.97 Å². The number of rotatable bonds is 5. The quantitative estimate of drug-likeness (QED) is 0.660. The third-order valence-corrected chi connectivity index (χ3v) is 1.88. The van der Waals surface area contributed by atoms with Crippen molar-refractivity contribution in [2.45, 2.75) is 20.4 Å². The third kappa shape index (κ3) is 3.18. The van der Waals surface area contributed by atoms with Gasteiger partial charge in [0.2, 0.25) is 0 Å². The van der Waals surface area contributed by atoms with Crippen LogP contribution >= 0.6 is 0 Å². The number of hydrogen-bond donors (Lipinski definition) is 2. The van der Waals surface area contributed by atoms with Gasteiger partial charge in [0.25, 0.3) is 0 Å². The fraction of sp³-hybridized carbons (Fsp3) is 0.556. The number of nitrogens with one attached hydrogen (secondary N) is 1. The zero-order valence-corrected chi connectivity index (χ0v) is 8.45. The fourth-order valence-electron chi connectivity index (χ4n) is 1.28. The molecule has 0 aromatic carbocycles. The predicted octanol–water partition coefficient (Wildman–Crippen LogP) is 0.174. The van der Waals surface area contributed by atoms with Crippen molar-refractivity contribution in [3.63, 3.8) is 0 Å². The van der Waals surface area contributed by atoms with Crippen molar-refractivity contribution in [2.24, 2.45) is 0 Å². The van der Waals surface area contributed by atoms with Crippen LogP contribution in [0.3, 0.4) is 0 Å². The van der Waals surface area contributed by atoms with Crippen molar-refractivity contribution in [2.75, 3.05) is 13.1 Å². The summed E-state index contributed by atoms with van der Waals surface area (Å²) in [5, 5.41) is 15.4. The topological polar surface area (TPSA) is 67.2 Å². The lowest BCUT2D eigenvalue weighted by molar-refractivity contribution is -0.135. The lowest BCUT2D eigenvalue weighted by Crippen LogP contribution is -2.26. The minimum Gasteiger partial charge on any atom is -0.480 e. The Morgan fingerprint density at radius 2 is 2.36 bits per heavy atom. The highest BCUT2D eigenvalue weighted by molar-refractivity contribution is 5.68. The highest BCUT2D eigenvalue weighted by atomic mass is 16.4. The van der Waals surface area contributed by atoms with Crippen LogP contribution in [0.25, 0.3) is 0 Å². The van der Waals surface area contributed by atoms with E-state index in [1.54, 1.807) is 0 Å². The van der Waals surface area contributed by atoms with E-state index in [1.165, 1.54) is 0 Å². The smallest absolute Gasteiger partial charge is 0.317 e. The summed E-state index contributed by atoms with van der Waals surface area (Å²) in [6, 6.07) is 2.00. The summed E-state index contributed by atoms with van der Waals surface area (Å²) in [5.41, 5.74) is 2.08. The van der Waals surface area contributed by atoms with Crippen LogP contribution < -0.4 is 5.32 Å². The van der Waals surface area contributed by atoms with Crippen LogP contribution in [-0.4, -0.2) is 33.9 Å². The molecule has 0 saturated carbocycles. The Kier molecular flexibility index (Phi) is 3.64. The van der Waals surface area contributed by atoms with Gasteiger partial charge in [-0.05, 0) is 19.9 Å². The van der Waals surface area contributed by atoms with Crippen LogP contribution in [0.2, 0.25) is 0 Å². The molecule has 0 fully saturated rings. The first-order chi connectivity index (χ1) is 6.59. The van der Waals surface area contributed by atoms with Crippen LogP contribution in [0.4, 0.5) is 0 Å². The van der Waals surface area contributed by atoms with Gasteiger partial charge in [-0.1, -0.05) is 0 Å². The van der Waals surface area contributed by atoms with Crippen LogP contribution in [0.15, 0.2) is 6.07 Å². The van der Waals surface area contributed by atoms with Gasteiger partial charge >= 0.3 is 5.97 Å². The maximum Gasteiger partial charge on any atom is 0.317 e. The number of aryl methyl sites for hydroxylation is 2. The maximum atomic E-state index is 10.2. The Hall–Kier alpha value is -1.36. The molecular formula is C9H15N3O2. The molecule has 0 aliphatic rings. The van der Waals surface area contributed by atoms with Crippen molar-refractivity contribution in [3.05, 3.63) is 17.5 Å². The van der Waals surface area contributed by atoms with Gasteiger partial charge in [0.15, 0.2) is 0 Å². The van der Waals surface area contributed by atoms with Gasteiger partial charge in [0.05, 0.1) is 18.8 Å². The first kappa shape index (κ1) is 10.7. The number of aromatic nitrogens is 2. The first-order valence-electron chi connectivity index (χ1n) is 4.53. The summed E-state index contributed by atoms with van der Waals surface area (Å²) in [5.74, 6) is -0.835. The second-order valence-corrected chi connectivity index (χ2v) is 3.22. The van der Waals surface area contributed by atoms with Gasteiger partial charge in [-0.25, -0.2) is 0 Å². The van der Waals surface area contributed by atoms with Crippen molar-refractivity contribution in [1.29, 1.82) is 0 Å².